The van der Waals surface area contributed by atoms with Crippen LogP contribution in [0.15, 0.2) is 24.5 Å². The molecule has 2 heterocycles. The summed E-state index contributed by atoms with van der Waals surface area (Å²) in [6, 6.07) is 3.53. The van der Waals surface area contributed by atoms with Crippen LogP contribution in [0.25, 0.3) is 0 Å². The number of aryl methyl sites for hydroxylation is 1. The van der Waals surface area contributed by atoms with Gasteiger partial charge in [0.05, 0.1) is 0 Å². The molecule has 3 N–H and O–H groups in total. The maximum absolute atomic E-state index is 12.1. The number of aromatic amines is 1. The molecule has 0 spiro atoms. The zero-order chi connectivity index (χ0) is 13.7. The molecule has 0 aliphatic carbocycles. The van der Waals surface area contributed by atoms with Crippen molar-refractivity contribution in [1.82, 2.24) is 15.0 Å². The van der Waals surface area contributed by atoms with Crippen molar-refractivity contribution >= 4 is 17.7 Å². The Bertz CT molecular complexity index is 550. The van der Waals surface area contributed by atoms with Gasteiger partial charge in [-0.25, -0.2) is 9.97 Å². The van der Waals surface area contributed by atoms with Crippen molar-refractivity contribution in [2.75, 3.05) is 17.2 Å². The number of nitrogens with zero attached hydrogens (tertiary/aromatic N) is 2. The molecule has 100 valence electrons. The van der Waals surface area contributed by atoms with Gasteiger partial charge in [0.25, 0.3) is 5.91 Å². The number of imidazole rings is 1. The molecule has 1 amide bonds. The van der Waals surface area contributed by atoms with Gasteiger partial charge in [-0.3, -0.25) is 10.1 Å². The van der Waals surface area contributed by atoms with Gasteiger partial charge in [-0.15, -0.1) is 0 Å². The minimum absolute atomic E-state index is 0.203. The summed E-state index contributed by atoms with van der Waals surface area (Å²) in [7, 11) is 0. The van der Waals surface area contributed by atoms with E-state index in [1.807, 2.05) is 13.8 Å². The van der Waals surface area contributed by atoms with Crippen molar-refractivity contribution in [1.29, 1.82) is 0 Å². The van der Waals surface area contributed by atoms with Crippen molar-refractivity contribution in [2.24, 2.45) is 0 Å². The van der Waals surface area contributed by atoms with Crippen molar-refractivity contribution in [3.8, 4) is 0 Å². The first-order valence-corrected chi connectivity index (χ1v) is 6.28. The van der Waals surface area contributed by atoms with E-state index >= 15 is 0 Å². The normalized spacial score (nSPS) is 10.2. The lowest BCUT2D eigenvalue weighted by Gasteiger charge is -2.08. The molecule has 0 radical (unpaired) electrons. The second-order valence-corrected chi connectivity index (χ2v) is 4.01. The Morgan fingerprint density at radius 2 is 2.21 bits per heavy atom. The third-order valence-electron chi connectivity index (χ3n) is 2.59. The zero-order valence-electron chi connectivity index (χ0n) is 11.0. The van der Waals surface area contributed by atoms with Crippen LogP contribution in [0.3, 0.4) is 0 Å². The molecule has 2 rings (SSSR count). The minimum atomic E-state index is -0.203. The summed E-state index contributed by atoms with van der Waals surface area (Å²) in [6.07, 6.45) is 4.02. The smallest absolute Gasteiger partial charge is 0.258 e. The van der Waals surface area contributed by atoms with E-state index in [0.29, 0.717) is 17.3 Å². The lowest BCUT2D eigenvalue weighted by molar-refractivity contribution is 0.102. The maximum atomic E-state index is 12.1. The van der Waals surface area contributed by atoms with Crippen LogP contribution in [0.4, 0.5) is 11.8 Å². The summed E-state index contributed by atoms with van der Waals surface area (Å²) < 4.78 is 0. The molecule has 0 atom stereocenters. The van der Waals surface area contributed by atoms with Crippen LogP contribution in [0.1, 0.15) is 29.9 Å². The lowest BCUT2D eigenvalue weighted by atomic mass is 10.2. The van der Waals surface area contributed by atoms with Crippen LogP contribution in [0.5, 0.6) is 0 Å². The number of nitrogens with one attached hydrogen (secondary N) is 3. The molecule has 2 aromatic rings. The molecule has 0 bridgehead atoms. The number of anilines is 2. The van der Waals surface area contributed by atoms with Crippen molar-refractivity contribution in [3.63, 3.8) is 0 Å². The number of H-pyrrole nitrogens is 1. The molecule has 0 saturated heterocycles. The summed E-state index contributed by atoms with van der Waals surface area (Å²) in [5.74, 6) is 0.947. The largest absolute Gasteiger partial charge is 0.370 e. The molecule has 6 nitrogen and oxygen atoms in total. The summed E-state index contributed by atoms with van der Waals surface area (Å²) >= 11 is 0. The highest BCUT2D eigenvalue weighted by molar-refractivity contribution is 6.03. The predicted molar refractivity (Wildman–Crippen MR) is 74.3 cm³/mol. The molecule has 2 aromatic heterocycles. The van der Waals surface area contributed by atoms with E-state index in [0.717, 1.165) is 18.7 Å². The molecule has 0 unspecified atom stereocenters. The Morgan fingerprint density at radius 3 is 2.84 bits per heavy atom. The number of hydrogen-bond acceptors (Lipinski definition) is 4. The molecule has 0 saturated carbocycles. The number of amides is 1. The van der Waals surface area contributed by atoms with Crippen molar-refractivity contribution < 1.29 is 4.79 Å². The standard InChI is InChI=1S/C13H17N5O/c1-3-10-7-9(8-11(17-10)14-4-2)12(19)18-13-15-5-6-16-13/h5-8H,3-4H2,1-2H3,(H,14,17)(H2,15,16,18,19). The Labute approximate surface area is 111 Å². The summed E-state index contributed by atoms with van der Waals surface area (Å²) in [5, 5.41) is 5.82. The van der Waals surface area contributed by atoms with Crippen LogP contribution in [-0.4, -0.2) is 27.4 Å². The van der Waals surface area contributed by atoms with Gasteiger partial charge in [0.2, 0.25) is 5.95 Å². The van der Waals surface area contributed by atoms with Crippen LogP contribution in [0.2, 0.25) is 0 Å². The van der Waals surface area contributed by atoms with Gasteiger partial charge in [-0.05, 0) is 25.5 Å². The van der Waals surface area contributed by atoms with E-state index in [4.69, 9.17) is 0 Å². The fourth-order valence-corrected chi connectivity index (χ4v) is 1.68. The number of carbonyl (C=O) groups excluding carboxylic acids is 1. The molecule has 0 fully saturated rings. The second-order valence-electron chi connectivity index (χ2n) is 4.01. The highest BCUT2D eigenvalue weighted by atomic mass is 16.1. The number of carbonyl (C=O) groups is 1. The second kappa shape index (κ2) is 5.99. The summed E-state index contributed by atoms with van der Waals surface area (Å²) in [6.45, 7) is 4.76. The monoisotopic (exact) mass is 259 g/mol. The fraction of sp³-hybridized carbons (Fsp3) is 0.308. The molecule has 0 aromatic carbocycles. The van der Waals surface area contributed by atoms with Crippen molar-refractivity contribution in [2.45, 2.75) is 20.3 Å². The Balaban J connectivity index is 2.22. The molecule has 6 heteroatoms. The highest BCUT2D eigenvalue weighted by Gasteiger charge is 2.10. The third-order valence-corrected chi connectivity index (χ3v) is 2.59. The average molecular weight is 259 g/mol. The SMILES string of the molecule is CCNc1cc(C(=O)Nc2ncc[nH]2)cc(CC)n1. The number of aromatic nitrogens is 3. The van der Waals surface area contributed by atoms with E-state index in [-0.39, 0.29) is 5.91 Å². The lowest BCUT2D eigenvalue weighted by Crippen LogP contribution is -2.14. The van der Waals surface area contributed by atoms with E-state index in [2.05, 4.69) is 25.6 Å². The quantitative estimate of drug-likeness (QED) is 0.767. The summed E-state index contributed by atoms with van der Waals surface area (Å²) in [5.41, 5.74) is 1.45. The van der Waals surface area contributed by atoms with Crippen molar-refractivity contribution in [3.05, 3.63) is 35.8 Å². The third kappa shape index (κ3) is 3.31. The first kappa shape index (κ1) is 13.1. The Morgan fingerprint density at radius 1 is 1.37 bits per heavy atom. The van der Waals surface area contributed by atoms with Crippen LogP contribution in [0, 0.1) is 0 Å². The highest BCUT2D eigenvalue weighted by Crippen LogP contribution is 2.12. The molecular formula is C13H17N5O. The van der Waals surface area contributed by atoms with Gasteiger partial charge in [0.15, 0.2) is 0 Å². The van der Waals surface area contributed by atoms with Gasteiger partial charge in [0.1, 0.15) is 5.82 Å². The Kier molecular flexibility index (Phi) is 4.12. The van der Waals surface area contributed by atoms with Crippen LogP contribution in [-0.2, 0) is 6.42 Å². The predicted octanol–water partition coefficient (Wildman–Crippen LogP) is 2.05. The van der Waals surface area contributed by atoms with Crippen LogP contribution >= 0.6 is 0 Å². The van der Waals surface area contributed by atoms with E-state index in [9.17, 15) is 4.79 Å². The van der Waals surface area contributed by atoms with E-state index in [1.54, 1.807) is 24.5 Å². The van der Waals surface area contributed by atoms with E-state index in [1.165, 1.54) is 0 Å². The van der Waals surface area contributed by atoms with Gasteiger partial charge in [-0.1, -0.05) is 6.92 Å². The molecule has 19 heavy (non-hydrogen) atoms. The maximum Gasteiger partial charge on any atom is 0.258 e. The summed E-state index contributed by atoms with van der Waals surface area (Å²) in [4.78, 5) is 23.3. The first-order valence-electron chi connectivity index (χ1n) is 6.28. The Hall–Kier alpha value is -2.37. The first-order chi connectivity index (χ1) is 9.22. The molecular weight excluding hydrogens is 242 g/mol. The number of rotatable bonds is 5. The number of hydrogen-bond donors (Lipinski definition) is 3. The number of pyridine rings is 1. The van der Waals surface area contributed by atoms with Gasteiger partial charge in [-0.2, -0.15) is 0 Å². The molecule has 0 aliphatic rings. The topological polar surface area (TPSA) is 82.7 Å². The minimum Gasteiger partial charge on any atom is -0.370 e. The van der Waals surface area contributed by atoms with Crippen LogP contribution < -0.4 is 10.6 Å². The van der Waals surface area contributed by atoms with Gasteiger partial charge in [0, 0.05) is 30.2 Å². The fourth-order valence-electron chi connectivity index (χ4n) is 1.68. The average Bonchev–Trinajstić information content (AvgIpc) is 2.91. The van der Waals surface area contributed by atoms with Gasteiger partial charge < -0.3 is 10.3 Å². The van der Waals surface area contributed by atoms with E-state index < -0.39 is 0 Å². The molecule has 0 aliphatic heterocycles. The zero-order valence-corrected chi connectivity index (χ0v) is 11.0. The van der Waals surface area contributed by atoms with Gasteiger partial charge >= 0.3 is 0 Å².